The van der Waals surface area contributed by atoms with Gasteiger partial charge in [0.2, 0.25) is 0 Å². The minimum Gasteiger partial charge on any atom is -0.507 e. The first-order chi connectivity index (χ1) is 9.00. The summed E-state index contributed by atoms with van der Waals surface area (Å²) in [6, 6.07) is 12.0. The zero-order chi connectivity index (χ0) is 14.0. The van der Waals surface area contributed by atoms with Gasteiger partial charge in [-0.3, -0.25) is 0 Å². The minimum absolute atomic E-state index is 0.257. The monoisotopic (exact) mass is 274 g/mol. The molecule has 0 radical (unpaired) electrons. The number of benzene rings is 2. The van der Waals surface area contributed by atoms with Crippen molar-refractivity contribution in [2.45, 2.75) is 33.1 Å². The Bertz CT molecular complexity index is 574. The summed E-state index contributed by atoms with van der Waals surface area (Å²) in [5, 5.41) is 11.2. The van der Waals surface area contributed by atoms with Crippen molar-refractivity contribution in [1.82, 2.24) is 0 Å². The summed E-state index contributed by atoms with van der Waals surface area (Å²) in [6.07, 6.45) is 0.707. The summed E-state index contributed by atoms with van der Waals surface area (Å²) in [4.78, 5) is 0. The van der Waals surface area contributed by atoms with Gasteiger partial charge in [-0.25, -0.2) is 0 Å². The third kappa shape index (κ3) is 2.93. The van der Waals surface area contributed by atoms with E-state index in [1.807, 2.05) is 31.2 Å². The molecule has 0 amide bonds. The van der Waals surface area contributed by atoms with Gasteiger partial charge >= 0.3 is 0 Å². The van der Waals surface area contributed by atoms with Crippen LogP contribution in [0.4, 0.5) is 0 Å². The maximum absolute atomic E-state index is 10.5. The lowest BCUT2D eigenvalue weighted by Gasteiger charge is -2.17. The molecule has 0 aliphatic heterocycles. The fourth-order valence-electron chi connectivity index (χ4n) is 2.27. The Hall–Kier alpha value is -1.47. The van der Waals surface area contributed by atoms with Crippen LogP contribution in [0.5, 0.6) is 5.75 Å². The van der Waals surface area contributed by atoms with Gasteiger partial charge in [-0.1, -0.05) is 55.8 Å². The van der Waals surface area contributed by atoms with Gasteiger partial charge in [0, 0.05) is 17.0 Å². The van der Waals surface area contributed by atoms with Crippen LogP contribution in [0.25, 0.3) is 0 Å². The normalized spacial score (nSPS) is 11.0. The lowest BCUT2D eigenvalue weighted by Crippen LogP contribution is -1.99. The molecule has 19 heavy (non-hydrogen) atoms. The van der Waals surface area contributed by atoms with E-state index in [1.54, 1.807) is 0 Å². The Labute approximate surface area is 119 Å². The molecule has 0 bridgehead atoms. The molecule has 2 aromatic rings. The molecule has 0 atom stereocenters. The van der Waals surface area contributed by atoms with E-state index in [2.05, 4.69) is 26.0 Å². The highest BCUT2D eigenvalue weighted by molar-refractivity contribution is 6.31. The van der Waals surface area contributed by atoms with Gasteiger partial charge in [-0.2, -0.15) is 0 Å². The van der Waals surface area contributed by atoms with Crippen LogP contribution < -0.4 is 0 Å². The number of halogens is 1. The number of phenols is 1. The van der Waals surface area contributed by atoms with Gasteiger partial charge in [-0.15, -0.1) is 0 Å². The molecule has 2 heteroatoms. The summed E-state index contributed by atoms with van der Waals surface area (Å²) in [5.41, 5.74) is 3.99. The standard InChI is InChI=1S/C17H19ClO/c1-11(2)14-10-16(18)12(3)15(17(14)19)9-13-7-5-4-6-8-13/h4-8,10-11,19H,9H2,1-3H3. The largest absolute Gasteiger partial charge is 0.507 e. The highest BCUT2D eigenvalue weighted by atomic mass is 35.5. The van der Waals surface area contributed by atoms with E-state index >= 15 is 0 Å². The number of hydrogen-bond acceptors (Lipinski definition) is 1. The quantitative estimate of drug-likeness (QED) is 0.829. The van der Waals surface area contributed by atoms with Gasteiger partial charge < -0.3 is 5.11 Å². The average molecular weight is 275 g/mol. The van der Waals surface area contributed by atoms with Crippen molar-refractivity contribution < 1.29 is 5.11 Å². The van der Waals surface area contributed by atoms with E-state index in [9.17, 15) is 5.11 Å². The molecule has 0 spiro atoms. The maximum Gasteiger partial charge on any atom is 0.122 e. The predicted octanol–water partition coefficient (Wildman–Crippen LogP) is 5.07. The smallest absolute Gasteiger partial charge is 0.122 e. The van der Waals surface area contributed by atoms with Gasteiger partial charge in [0.1, 0.15) is 5.75 Å². The van der Waals surface area contributed by atoms with Crippen LogP contribution in [-0.4, -0.2) is 5.11 Å². The van der Waals surface area contributed by atoms with Crippen molar-refractivity contribution in [3.63, 3.8) is 0 Å². The van der Waals surface area contributed by atoms with Crippen molar-refractivity contribution in [2.75, 3.05) is 0 Å². The SMILES string of the molecule is Cc1c(Cl)cc(C(C)C)c(O)c1Cc1ccccc1. The fourth-order valence-corrected chi connectivity index (χ4v) is 2.50. The highest BCUT2D eigenvalue weighted by Crippen LogP contribution is 2.36. The van der Waals surface area contributed by atoms with Crippen LogP contribution in [0.1, 0.15) is 42.0 Å². The molecule has 2 rings (SSSR count). The predicted molar refractivity (Wildman–Crippen MR) is 81.2 cm³/mol. The van der Waals surface area contributed by atoms with E-state index in [-0.39, 0.29) is 5.92 Å². The number of hydrogen-bond donors (Lipinski definition) is 1. The van der Waals surface area contributed by atoms with Crippen LogP contribution in [0.3, 0.4) is 0 Å². The van der Waals surface area contributed by atoms with Crippen LogP contribution >= 0.6 is 11.6 Å². The van der Waals surface area contributed by atoms with Crippen molar-refractivity contribution >= 4 is 11.6 Å². The van der Waals surface area contributed by atoms with Gasteiger partial charge in [0.15, 0.2) is 0 Å². The second kappa shape index (κ2) is 5.66. The molecule has 0 heterocycles. The third-order valence-corrected chi connectivity index (χ3v) is 3.89. The minimum atomic E-state index is 0.257. The Morgan fingerprint density at radius 3 is 2.37 bits per heavy atom. The molecule has 0 fully saturated rings. The molecule has 0 aromatic heterocycles. The molecular formula is C17H19ClO. The van der Waals surface area contributed by atoms with E-state index in [1.165, 1.54) is 5.56 Å². The molecule has 100 valence electrons. The van der Waals surface area contributed by atoms with Crippen LogP contribution in [0.2, 0.25) is 5.02 Å². The van der Waals surface area contributed by atoms with Crippen molar-refractivity contribution in [2.24, 2.45) is 0 Å². The zero-order valence-electron chi connectivity index (χ0n) is 11.6. The van der Waals surface area contributed by atoms with E-state index in [4.69, 9.17) is 11.6 Å². The first kappa shape index (κ1) is 14.0. The van der Waals surface area contributed by atoms with E-state index in [0.717, 1.165) is 21.7 Å². The van der Waals surface area contributed by atoms with Crippen molar-refractivity contribution in [3.05, 3.63) is 63.7 Å². The topological polar surface area (TPSA) is 20.2 Å². The molecule has 0 unspecified atom stereocenters. The van der Waals surface area contributed by atoms with Gasteiger partial charge in [0.25, 0.3) is 0 Å². The van der Waals surface area contributed by atoms with Crippen LogP contribution in [-0.2, 0) is 6.42 Å². The summed E-state index contributed by atoms with van der Waals surface area (Å²) < 4.78 is 0. The summed E-state index contributed by atoms with van der Waals surface area (Å²) in [5.74, 6) is 0.647. The van der Waals surface area contributed by atoms with E-state index < -0.39 is 0 Å². The second-order valence-corrected chi connectivity index (χ2v) is 5.62. The average Bonchev–Trinajstić information content (AvgIpc) is 2.40. The van der Waals surface area contributed by atoms with Crippen LogP contribution in [0, 0.1) is 6.92 Å². The third-order valence-electron chi connectivity index (χ3n) is 3.50. The number of rotatable bonds is 3. The molecular weight excluding hydrogens is 256 g/mol. The summed E-state index contributed by atoms with van der Waals surface area (Å²) in [6.45, 7) is 6.09. The van der Waals surface area contributed by atoms with Gasteiger partial charge in [-0.05, 0) is 35.6 Å². The molecule has 0 saturated heterocycles. The first-order valence-corrected chi connectivity index (χ1v) is 6.93. The fraction of sp³-hybridized carbons (Fsp3) is 0.294. The first-order valence-electron chi connectivity index (χ1n) is 6.55. The van der Waals surface area contributed by atoms with Gasteiger partial charge in [0.05, 0.1) is 0 Å². The summed E-state index contributed by atoms with van der Waals surface area (Å²) in [7, 11) is 0. The van der Waals surface area contributed by atoms with Crippen molar-refractivity contribution in [3.8, 4) is 5.75 Å². The van der Waals surface area contributed by atoms with E-state index in [0.29, 0.717) is 12.2 Å². The highest BCUT2D eigenvalue weighted by Gasteiger charge is 2.16. The molecule has 0 saturated carbocycles. The Kier molecular flexibility index (Phi) is 4.16. The molecule has 1 N–H and O–H groups in total. The number of phenolic OH excluding ortho intramolecular Hbond substituents is 1. The lowest BCUT2D eigenvalue weighted by molar-refractivity contribution is 0.458. The van der Waals surface area contributed by atoms with Crippen molar-refractivity contribution in [1.29, 1.82) is 0 Å². The molecule has 2 aromatic carbocycles. The zero-order valence-corrected chi connectivity index (χ0v) is 12.3. The maximum atomic E-state index is 10.5. The van der Waals surface area contributed by atoms with Crippen LogP contribution in [0.15, 0.2) is 36.4 Å². The molecule has 1 nitrogen and oxygen atoms in total. The second-order valence-electron chi connectivity index (χ2n) is 5.22. The number of aromatic hydroxyl groups is 1. The summed E-state index contributed by atoms with van der Waals surface area (Å²) >= 11 is 6.29. The molecule has 0 aliphatic rings. The lowest BCUT2D eigenvalue weighted by atomic mass is 9.92. The molecule has 0 aliphatic carbocycles. The Morgan fingerprint density at radius 2 is 1.79 bits per heavy atom. The Morgan fingerprint density at radius 1 is 1.16 bits per heavy atom. The Balaban J connectivity index is 2.50.